The molecule has 2 N–H and O–H groups in total. The van der Waals surface area contributed by atoms with E-state index in [1.165, 1.54) is 26.2 Å². The van der Waals surface area contributed by atoms with Crippen molar-refractivity contribution in [2.24, 2.45) is 0 Å². The molecule has 1 aromatic rings. The molecular formula is C8H11N3O4S. The van der Waals surface area contributed by atoms with Gasteiger partial charge in [0.15, 0.2) is 5.03 Å². The second kappa shape index (κ2) is 4.44. The smallest absolute Gasteiger partial charge is 0.405 e. The molecule has 0 aliphatic rings. The van der Waals surface area contributed by atoms with E-state index in [4.69, 9.17) is 5.11 Å². The molecule has 7 nitrogen and oxygen atoms in total. The summed E-state index contributed by atoms with van der Waals surface area (Å²) < 4.78 is 23.7. The molecule has 88 valence electrons. The van der Waals surface area contributed by atoms with Gasteiger partial charge in [-0.05, 0) is 13.8 Å². The molecular weight excluding hydrogens is 234 g/mol. The highest BCUT2D eigenvalue weighted by Crippen LogP contribution is 2.13. The number of aryl methyl sites for hydroxylation is 1. The van der Waals surface area contributed by atoms with E-state index in [0.29, 0.717) is 0 Å². The molecule has 1 rings (SSSR count). The zero-order valence-corrected chi connectivity index (χ0v) is 9.52. The standard InChI is InChI=1S/C8H11N3O4S/c1-5-7(10-4-3-9-5)16(14,15)6(2)11-8(12)13/h3-4,6,11H,1-2H3,(H,12,13). The van der Waals surface area contributed by atoms with Gasteiger partial charge in [0.05, 0.1) is 5.69 Å². The van der Waals surface area contributed by atoms with Gasteiger partial charge >= 0.3 is 6.09 Å². The number of rotatable bonds is 3. The maximum atomic E-state index is 11.9. The van der Waals surface area contributed by atoms with E-state index in [1.807, 2.05) is 5.32 Å². The molecule has 0 saturated heterocycles. The SMILES string of the molecule is Cc1nccnc1S(=O)(=O)C(C)NC(=O)O. The van der Waals surface area contributed by atoms with E-state index in [0.717, 1.165) is 0 Å². The van der Waals surface area contributed by atoms with Gasteiger partial charge in [-0.25, -0.2) is 18.2 Å². The fourth-order valence-electron chi connectivity index (χ4n) is 1.09. The molecule has 1 heterocycles. The lowest BCUT2D eigenvalue weighted by Crippen LogP contribution is -2.38. The highest BCUT2D eigenvalue weighted by molar-refractivity contribution is 7.92. The van der Waals surface area contributed by atoms with Crippen LogP contribution in [-0.4, -0.2) is 35.0 Å². The Bertz CT molecular complexity index is 500. The highest BCUT2D eigenvalue weighted by atomic mass is 32.2. The first-order valence-electron chi connectivity index (χ1n) is 4.36. The van der Waals surface area contributed by atoms with Crippen molar-refractivity contribution in [2.75, 3.05) is 0 Å². The monoisotopic (exact) mass is 245 g/mol. The molecule has 0 aromatic carbocycles. The van der Waals surface area contributed by atoms with Crippen molar-refractivity contribution in [3.8, 4) is 0 Å². The van der Waals surface area contributed by atoms with Crippen LogP contribution in [0.1, 0.15) is 12.6 Å². The van der Waals surface area contributed by atoms with Crippen molar-refractivity contribution >= 4 is 15.9 Å². The van der Waals surface area contributed by atoms with Crippen LogP contribution in [0.25, 0.3) is 0 Å². The Morgan fingerprint density at radius 2 is 2.00 bits per heavy atom. The third kappa shape index (κ3) is 2.45. The molecule has 1 aromatic heterocycles. The number of carbonyl (C=O) groups is 1. The van der Waals surface area contributed by atoms with Gasteiger partial charge < -0.3 is 10.4 Å². The van der Waals surface area contributed by atoms with Crippen LogP contribution in [0.3, 0.4) is 0 Å². The molecule has 0 aliphatic carbocycles. The summed E-state index contributed by atoms with van der Waals surface area (Å²) in [5.41, 5.74) is 0.238. The molecule has 0 bridgehead atoms. The third-order valence-electron chi connectivity index (χ3n) is 1.90. The normalized spacial score (nSPS) is 13.1. The molecule has 0 fully saturated rings. The first-order chi connectivity index (χ1) is 7.35. The minimum Gasteiger partial charge on any atom is -0.465 e. The van der Waals surface area contributed by atoms with Crippen molar-refractivity contribution in [3.63, 3.8) is 0 Å². The number of nitrogens with zero attached hydrogens (tertiary/aromatic N) is 2. The van der Waals surface area contributed by atoms with Crippen LogP contribution < -0.4 is 5.32 Å². The van der Waals surface area contributed by atoms with Gasteiger partial charge in [0.1, 0.15) is 5.37 Å². The zero-order valence-electron chi connectivity index (χ0n) is 8.71. The van der Waals surface area contributed by atoms with Gasteiger partial charge in [0.25, 0.3) is 0 Å². The van der Waals surface area contributed by atoms with Crippen LogP contribution >= 0.6 is 0 Å². The first kappa shape index (κ1) is 12.4. The van der Waals surface area contributed by atoms with Crippen molar-refractivity contribution in [1.82, 2.24) is 15.3 Å². The fourth-order valence-corrected chi connectivity index (χ4v) is 2.36. The van der Waals surface area contributed by atoms with E-state index in [9.17, 15) is 13.2 Å². The molecule has 1 unspecified atom stereocenters. The average Bonchev–Trinajstić information content (AvgIpc) is 2.16. The van der Waals surface area contributed by atoms with E-state index in [2.05, 4.69) is 9.97 Å². The molecule has 0 saturated carbocycles. The van der Waals surface area contributed by atoms with Crippen LogP contribution in [0.5, 0.6) is 0 Å². The van der Waals surface area contributed by atoms with Gasteiger partial charge in [0, 0.05) is 12.4 Å². The maximum Gasteiger partial charge on any atom is 0.405 e. The van der Waals surface area contributed by atoms with Crippen LogP contribution in [-0.2, 0) is 9.84 Å². The van der Waals surface area contributed by atoms with Crippen LogP contribution in [0, 0.1) is 6.92 Å². The molecule has 16 heavy (non-hydrogen) atoms. The van der Waals surface area contributed by atoms with E-state index in [1.54, 1.807) is 0 Å². The fraction of sp³-hybridized carbons (Fsp3) is 0.375. The molecule has 1 amide bonds. The van der Waals surface area contributed by atoms with Crippen molar-refractivity contribution in [3.05, 3.63) is 18.1 Å². The summed E-state index contributed by atoms with van der Waals surface area (Å²) >= 11 is 0. The van der Waals surface area contributed by atoms with Crippen LogP contribution in [0.4, 0.5) is 4.79 Å². The number of nitrogens with one attached hydrogen (secondary N) is 1. The Hall–Kier alpha value is -1.70. The van der Waals surface area contributed by atoms with E-state index in [-0.39, 0.29) is 10.7 Å². The predicted molar refractivity (Wildman–Crippen MR) is 54.6 cm³/mol. The summed E-state index contributed by atoms with van der Waals surface area (Å²) in [4.78, 5) is 17.8. The Kier molecular flexibility index (Phi) is 3.43. The molecule has 0 spiro atoms. The summed E-state index contributed by atoms with van der Waals surface area (Å²) in [5.74, 6) is 0. The van der Waals surface area contributed by atoms with E-state index >= 15 is 0 Å². The van der Waals surface area contributed by atoms with Gasteiger partial charge in [-0.15, -0.1) is 0 Å². The molecule has 0 radical (unpaired) electrons. The lowest BCUT2D eigenvalue weighted by Gasteiger charge is -2.12. The van der Waals surface area contributed by atoms with Crippen molar-refractivity contribution in [2.45, 2.75) is 24.2 Å². The van der Waals surface area contributed by atoms with Crippen molar-refractivity contribution < 1.29 is 18.3 Å². The lowest BCUT2D eigenvalue weighted by molar-refractivity contribution is 0.193. The number of aromatic nitrogens is 2. The topological polar surface area (TPSA) is 109 Å². The van der Waals surface area contributed by atoms with Crippen LogP contribution in [0.2, 0.25) is 0 Å². The minimum atomic E-state index is -3.83. The van der Waals surface area contributed by atoms with Gasteiger partial charge in [0.2, 0.25) is 9.84 Å². The predicted octanol–water partition coefficient (Wildman–Crippen LogP) is 0.172. The number of carboxylic acid groups (broad SMARTS) is 1. The Balaban J connectivity index is 3.12. The van der Waals surface area contributed by atoms with Gasteiger partial charge in [-0.3, -0.25) is 4.98 Å². The summed E-state index contributed by atoms with van der Waals surface area (Å²) in [7, 11) is -3.83. The quantitative estimate of drug-likeness (QED) is 0.785. The number of amides is 1. The summed E-state index contributed by atoms with van der Waals surface area (Å²) in [6.07, 6.45) is 1.20. The summed E-state index contributed by atoms with van der Waals surface area (Å²) in [6.45, 7) is 2.73. The first-order valence-corrected chi connectivity index (χ1v) is 5.91. The number of hydrogen-bond donors (Lipinski definition) is 2. The second-order valence-electron chi connectivity index (χ2n) is 3.08. The summed E-state index contributed by atoms with van der Waals surface area (Å²) in [5, 5.41) is 8.85. The third-order valence-corrected chi connectivity index (χ3v) is 3.89. The molecule has 1 atom stereocenters. The minimum absolute atomic E-state index is 0.212. The Morgan fingerprint density at radius 1 is 1.44 bits per heavy atom. The lowest BCUT2D eigenvalue weighted by atomic mass is 10.5. The molecule has 0 aliphatic heterocycles. The van der Waals surface area contributed by atoms with Crippen molar-refractivity contribution in [1.29, 1.82) is 0 Å². The maximum absolute atomic E-state index is 11.9. The van der Waals surface area contributed by atoms with E-state index < -0.39 is 21.3 Å². The average molecular weight is 245 g/mol. The molecule has 8 heteroatoms. The summed E-state index contributed by atoms with van der Waals surface area (Å²) in [6, 6.07) is 0. The number of sulfone groups is 1. The van der Waals surface area contributed by atoms with Gasteiger partial charge in [-0.2, -0.15) is 0 Å². The highest BCUT2D eigenvalue weighted by Gasteiger charge is 2.27. The van der Waals surface area contributed by atoms with Gasteiger partial charge in [-0.1, -0.05) is 0 Å². The largest absolute Gasteiger partial charge is 0.465 e. The second-order valence-corrected chi connectivity index (χ2v) is 5.27. The number of hydrogen-bond acceptors (Lipinski definition) is 5. The van der Waals surface area contributed by atoms with Crippen LogP contribution in [0.15, 0.2) is 17.4 Å². The zero-order chi connectivity index (χ0) is 12.3. The Morgan fingerprint density at radius 3 is 2.50 bits per heavy atom. The Labute approximate surface area is 92.5 Å².